The fourth-order valence-electron chi connectivity index (χ4n) is 2.92. The molecule has 2 aromatic carbocycles. The van der Waals surface area contributed by atoms with Crippen LogP contribution in [-0.2, 0) is 13.0 Å². The van der Waals surface area contributed by atoms with Crippen LogP contribution in [0.1, 0.15) is 32.1 Å². The topological polar surface area (TPSA) is 81.0 Å². The van der Waals surface area contributed by atoms with E-state index in [0.29, 0.717) is 17.0 Å². The summed E-state index contributed by atoms with van der Waals surface area (Å²) in [6, 6.07) is 11.1. The van der Waals surface area contributed by atoms with Gasteiger partial charge in [0, 0.05) is 23.6 Å². The van der Waals surface area contributed by atoms with Gasteiger partial charge >= 0.3 is 0 Å². The van der Waals surface area contributed by atoms with E-state index in [-0.39, 0.29) is 41.9 Å². The summed E-state index contributed by atoms with van der Waals surface area (Å²) in [5.74, 6) is -0.770. The van der Waals surface area contributed by atoms with E-state index < -0.39 is 5.82 Å². The summed E-state index contributed by atoms with van der Waals surface area (Å²) in [7, 11) is 0. The molecule has 0 N–H and O–H groups in total. The highest BCUT2D eigenvalue weighted by Gasteiger charge is 2.34. The molecule has 2 heterocycles. The van der Waals surface area contributed by atoms with Gasteiger partial charge in [-0.2, -0.15) is 4.80 Å². The largest absolute Gasteiger partial charge is 0.274 e. The minimum Gasteiger partial charge on any atom is -0.274 e. The van der Waals surface area contributed by atoms with E-state index >= 15 is 0 Å². The molecule has 0 atom stereocenters. The van der Waals surface area contributed by atoms with Crippen molar-refractivity contribution in [2.45, 2.75) is 13.0 Å². The maximum absolute atomic E-state index is 13.9. The van der Waals surface area contributed by atoms with E-state index in [1.54, 1.807) is 30.3 Å². The maximum Gasteiger partial charge on any atom is 0.261 e. The van der Waals surface area contributed by atoms with Crippen LogP contribution in [0.2, 0.25) is 5.02 Å². The molecule has 0 bridgehead atoms. The number of halogens is 2. The Morgan fingerprint density at radius 2 is 1.70 bits per heavy atom. The van der Waals surface area contributed by atoms with Gasteiger partial charge in [0.25, 0.3) is 11.8 Å². The van der Waals surface area contributed by atoms with Crippen molar-refractivity contribution in [1.29, 1.82) is 0 Å². The molecular weight excluding hydrogens is 373 g/mol. The van der Waals surface area contributed by atoms with Crippen molar-refractivity contribution >= 4 is 23.4 Å². The first-order valence-corrected chi connectivity index (χ1v) is 8.57. The monoisotopic (exact) mass is 385 g/mol. The van der Waals surface area contributed by atoms with E-state index in [9.17, 15) is 14.0 Å². The lowest BCUT2D eigenvalue weighted by Crippen LogP contribution is -2.32. The van der Waals surface area contributed by atoms with Crippen LogP contribution < -0.4 is 0 Å². The van der Waals surface area contributed by atoms with Crippen LogP contribution in [0.15, 0.2) is 42.5 Å². The number of hydrogen-bond acceptors (Lipinski definition) is 5. The minimum absolute atomic E-state index is 0.0333. The predicted octanol–water partition coefficient (Wildman–Crippen LogP) is 2.35. The van der Waals surface area contributed by atoms with Gasteiger partial charge in [-0.05, 0) is 29.5 Å². The third-order valence-corrected chi connectivity index (χ3v) is 4.65. The first kappa shape index (κ1) is 17.3. The van der Waals surface area contributed by atoms with Gasteiger partial charge in [-0.15, -0.1) is 10.2 Å². The number of carbonyl (C=O) groups is 2. The van der Waals surface area contributed by atoms with E-state index in [1.165, 1.54) is 21.8 Å². The quantitative estimate of drug-likeness (QED) is 0.630. The second-order valence-corrected chi connectivity index (χ2v) is 6.40. The average molecular weight is 386 g/mol. The molecule has 0 spiro atoms. The zero-order valence-corrected chi connectivity index (χ0v) is 14.7. The van der Waals surface area contributed by atoms with Crippen LogP contribution in [0.5, 0.6) is 0 Å². The lowest BCUT2D eigenvalue weighted by atomic mass is 10.1. The molecule has 4 rings (SSSR count). The Kier molecular flexibility index (Phi) is 4.41. The maximum atomic E-state index is 13.9. The summed E-state index contributed by atoms with van der Waals surface area (Å²) in [4.78, 5) is 27.1. The Hall–Kier alpha value is -3.13. The Morgan fingerprint density at radius 1 is 1.00 bits per heavy atom. The van der Waals surface area contributed by atoms with Crippen molar-refractivity contribution < 1.29 is 14.0 Å². The molecule has 2 amide bonds. The molecule has 0 aliphatic carbocycles. The first-order valence-electron chi connectivity index (χ1n) is 8.19. The molecule has 9 heteroatoms. The smallest absolute Gasteiger partial charge is 0.261 e. The molecular formula is C18H13ClFN5O2. The van der Waals surface area contributed by atoms with Crippen LogP contribution in [0.4, 0.5) is 4.39 Å². The summed E-state index contributed by atoms with van der Waals surface area (Å²) in [5.41, 5.74) is 1.06. The number of hydrogen-bond donors (Lipinski definition) is 0. The first-order chi connectivity index (χ1) is 13.0. The lowest BCUT2D eigenvalue weighted by molar-refractivity contribution is 0.0655. The highest BCUT2D eigenvalue weighted by atomic mass is 35.5. The Bertz CT molecular complexity index is 996. The standard InChI is InChI=1S/C18H13ClFN5O2/c19-14-6-3-7-15(20)13(14)10-25-22-16(21-23-25)8-9-24-17(26)11-4-1-2-5-12(11)18(24)27/h1-7H,8-10H2. The fraction of sp³-hybridized carbons (Fsp3) is 0.167. The number of nitrogens with zero attached hydrogens (tertiary/aromatic N) is 5. The van der Waals surface area contributed by atoms with Crippen molar-refractivity contribution in [3.63, 3.8) is 0 Å². The molecule has 136 valence electrons. The molecule has 0 fully saturated rings. The molecule has 7 nitrogen and oxygen atoms in total. The van der Waals surface area contributed by atoms with Gasteiger partial charge < -0.3 is 0 Å². The van der Waals surface area contributed by atoms with Crippen LogP contribution in [0, 0.1) is 5.82 Å². The molecule has 0 unspecified atom stereocenters. The summed E-state index contributed by atoms with van der Waals surface area (Å²) >= 11 is 6.00. The van der Waals surface area contributed by atoms with Gasteiger partial charge in [-0.3, -0.25) is 14.5 Å². The average Bonchev–Trinajstić information content (AvgIpc) is 3.21. The lowest BCUT2D eigenvalue weighted by Gasteiger charge is -2.11. The summed E-state index contributed by atoms with van der Waals surface area (Å²) in [6.45, 7) is 0.171. The number of rotatable bonds is 5. The number of tetrazole rings is 1. The van der Waals surface area contributed by atoms with Crippen molar-refractivity contribution in [3.05, 3.63) is 75.8 Å². The minimum atomic E-state index is -0.452. The third-order valence-electron chi connectivity index (χ3n) is 4.29. The number of aromatic nitrogens is 4. The molecule has 0 saturated carbocycles. The number of benzene rings is 2. The zero-order chi connectivity index (χ0) is 19.0. The SMILES string of the molecule is O=C1c2ccccc2C(=O)N1CCc1nnn(Cc2c(F)cccc2Cl)n1. The zero-order valence-electron chi connectivity index (χ0n) is 14.0. The Labute approximate surface area is 158 Å². The van der Waals surface area contributed by atoms with Gasteiger partial charge in [0.05, 0.1) is 17.7 Å². The normalized spacial score (nSPS) is 13.3. The van der Waals surface area contributed by atoms with Gasteiger partial charge in [0.2, 0.25) is 0 Å². The van der Waals surface area contributed by atoms with Crippen molar-refractivity contribution in [3.8, 4) is 0 Å². The van der Waals surface area contributed by atoms with Crippen LogP contribution in [0.25, 0.3) is 0 Å². The van der Waals surface area contributed by atoms with Crippen molar-refractivity contribution in [2.75, 3.05) is 6.54 Å². The fourth-order valence-corrected chi connectivity index (χ4v) is 3.15. The van der Waals surface area contributed by atoms with Gasteiger partial charge in [0.1, 0.15) is 5.82 Å². The van der Waals surface area contributed by atoms with E-state index in [1.807, 2.05) is 0 Å². The number of imide groups is 1. The molecule has 1 aliphatic heterocycles. The Morgan fingerprint density at radius 3 is 2.37 bits per heavy atom. The van der Waals surface area contributed by atoms with Crippen LogP contribution in [0.3, 0.4) is 0 Å². The van der Waals surface area contributed by atoms with Gasteiger partial charge in [-0.1, -0.05) is 29.8 Å². The van der Waals surface area contributed by atoms with E-state index in [2.05, 4.69) is 15.4 Å². The molecule has 3 aromatic rings. The van der Waals surface area contributed by atoms with Gasteiger partial charge in [-0.25, -0.2) is 4.39 Å². The number of amides is 2. The molecule has 0 saturated heterocycles. The van der Waals surface area contributed by atoms with E-state index in [4.69, 9.17) is 11.6 Å². The summed E-state index contributed by atoms with van der Waals surface area (Å²) in [5, 5.41) is 12.2. The molecule has 27 heavy (non-hydrogen) atoms. The third kappa shape index (κ3) is 3.19. The predicted molar refractivity (Wildman–Crippen MR) is 93.8 cm³/mol. The van der Waals surface area contributed by atoms with Crippen LogP contribution >= 0.6 is 11.6 Å². The highest BCUT2D eigenvalue weighted by Crippen LogP contribution is 2.22. The molecule has 1 aliphatic rings. The van der Waals surface area contributed by atoms with Crippen LogP contribution in [-0.4, -0.2) is 43.5 Å². The summed E-state index contributed by atoms with van der Waals surface area (Å²) < 4.78 is 13.9. The number of carbonyl (C=O) groups excluding carboxylic acids is 2. The molecule has 1 aromatic heterocycles. The second kappa shape index (κ2) is 6.88. The Balaban J connectivity index is 1.44. The molecule has 0 radical (unpaired) electrons. The number of fused-ring (bicyclic) bond motifs is 1. The second-order valence-electron chi connectivity index (χ2n) is 5.99. The highest BCUT2D eigenvalue weighted by molar-refractivity contribution is 6.31. The summed E-state index contributed by atoms with van der Waals surface area (Å²) in [6.07, 6.45) is 0.247. The van der Waals surface area contributed by atoms with Gasteiger partial charge in [0.15, 0.2) is 5.82 Å². The van der Waals surface area contributed by atoms with Crippen molar-refractivity contribution in [1.82, 2.24) is 25.1 Å². The van der Waals surface area contributed by atoms with E-state index in [0.717, 1.165) is 0 Å². The van der Waals surface area contributed by atoms with Crippen molar-refractivity contribution in [2.24, 2.45) is 0 Å².